The van der Waals surface area contributed by atoms with Gasteiger partial charge in [-0.2, -0.15) is 0 Å². The molecule has 0 fully saturated rings. The van der Waals surface area contributed by atoms with Crippen molar-refractivity contribution in [1.82, 2.24) is 5.43 Å². The highest BCUT2D eigenvalue weighted by Gasteiger charge is 2.19. The zero-order valence-electron chi connectivity index (χ0n) is 9.94. The quantitative estimate of drug-likeness (QED) is 0.626. The predicted octanol–water partition coefficient (Wildman–Crippen LogP) is 2.15. The van der Waals surface area contributed by atoms with Gasteiger partial charge in [-0.25, -0.2) is 5.43 Å². The van der Waals surface area contributed by atoms with Crippen LogP contribution in [0.5, 0.6) is 5.75 Å². The molecular weight excluding hydrogens is 216 g/mol. The standard InChI is InChI=1S/C13H16N2O2/c1-9-10(7-8-17-9)13(15-14)11-5-3-4-6-12(11)16-2/h3-8,13,15H,14H2,1-2H3. The minimum atomic E-state index is -0.134. The zero-order valence-corrected chi connectivity index (χ0v) is 9.94. The summed E-state index contributed by atoms with van der Waals surface area (Å²) in [6, 6.07) is 9.55. The van der Waals surface area contributed by atoms with Crippen molar-refractivity contribution in [1.29, 1.82) is 0 Å². The molecule has 1 aromatic carbocycles. The van der Waals surface area contributed by atoms with Crippen molar-refractivity contribution in [3.8, 4) is 5.75 Å². The summed E-state index contributed by atoms with van der Waals surface area (Å²) in [4.78, 5) is 0. The van der Waals surface area contributed by atoms with Crippen molar-refractivity contribution < 1.29 is 9.15 Å². The largest absolute Gasteiger partial charge is 0.496 e. The number of benzene rings is 1. The maximum atomic E-state index is 5.64. The highest BCUT2D eigenvalue weighted by atomic mass is 16.5. The van der Waals surface area contributed by atoms with Crippen LogP contribution in [-0.2, 0) is 0 Å². The second kappa shape index (κ2) is 5.03. The van der Waals surface area contributed by atoms with Gasteiger partial charge in [0.05, 0.1) is 19.4 Å². The molecule has 0 aliphatic carbocycles. The smallest absolute Gasteiger partial charge is 0.124 e. The molecule has 0 aliphatic heterocycles. The number of nitrogens with one attached hydrogen (secondary N) is 1. The highest BCUT2D eigenvalue weighted by molar-refractivity contribution is 5.42. The molecule has 17 heavy (non-hydrogen) atoms. The third-order valence-corrected chi connectivity index (χ3v) is 2.83. The molecule has 0 spiro atoms. The van der Waals surface area contributed by atoms with Crippen molar-refractivity contribution in [2.24, 2.45) is 5.84 Å². The summed E-state index contributed by atoms with van der Waals surface area (Å²) in [7, 11) is 1.65. The maximum absolute atomic E-state index is 5.64. The number of aryl methyl sites for hydroxylation is 1. The first kappa shape index (κ1) is 11.7. The fourth-order valence-electron chi connectivity index (χ4n) is 1.95. The van der Waals surface area contributed by atoms with Crippen LogP contribution in [0.15, 0.2) is 41.0 Å². The van der Waals surface area contributed by atoms with Crippen molar-refractivity contribution in [2.75, 3.05) is 7.11 Å². The third-order valence-electron chi connectivity index (χ3n) is 2.83. The van der Waals surface area contributed by atoms with Gasteiger partial charge in [0.25, 0.3) is 0 Å². The molecule has 3 N–H and O–H groups in total. The topological polar surface area (TPSA) is 60.4 Å². The van der Waals surface area contributed by atoms with Gasteiger partial charge in [-0.3, -0.25) is 5.84 Å². The number of rotatable bonds is 4. The first-order valence-corrected chi connectivity index (χ1v) is 5.41. The summed E-state index contributed by atoms with van der Waals surface area (Å²) in [5.74, 6) is 7.29. The summed E-state index contributed by atoms with van der Waals surface area (Å²) >= 11 is 0. The SMILES string of the molecule is COc1ccccc1C(NN)c1ccoc1C. The molecule has 4 nitrogen and oxygen atoms in total. The lowest BCUT2D eigenvalue weighted by molar-refractivity contribution is 0.403. The van der Waals surface area contributed by atoms with Gasteiger partial charge < -0.3 is 9.15 Å². The Labute approximate surface area is 100 Å². The minimum Gasteiger partial charge on any atom is -0.496 e. The third kappa shape index (κ3) is 2.18. The number of para-hydroxylation sites is 1. The second-order valence-electron chi connectivity index (χ2n) is 3.77. The first-order valence-electron chi connectivity index (χ1n) is 5.41. The molecule has 0 saturated heterocycles. The molecule has 0 radical (unpaired) electrons. The van der Waals surface area contributed by atoms with Crippen LogP contribution in [0.2, 0.25) is 0 Å². The van der Waals surface area contributed by atoms with Gasteiger partial charge in [0.2, 0.25) is 0 Å². The van der Waals surface area contributed by atoms with Crippen LogP contribution < -0.4 is 16.0 Å². The van der Waals surface area contributed by atoms with Crippen LogP contribution in [0.4, 0.5) is 0 Å². The van der Waals surface area contributed by atoms with E-state index in [0.29, 0.717) is 0 Å². The molecule has 4 heteroatoms. The van der Waals surface area contributed by atoms with Crippen molar-refractivity contribution in [2.45, 2.75) is 13.0 Å². The Morgan fingerprint density at radius 3 is 2.59 bits per heavy atom. The Hall–Kier alpha value is -1.78. The lowest BCUT2D eigenvalue weighted by atomic mass is 9.99. The van der Waals surface area contributed by atoms with Crippen LogP contribution in [0.25, 0.3) is 0 Å². The first-order chi connectivity index (χ1) is 8.27. The summed E-state index contributed by atoms with van der Waals surface area (Å²) < 4.78 is 10.6. The number of hydrogen-bond donors (Lipinski definition) is 2. The van der Waals surface area contributed by atoms with Gasteiger partial charge in [-0.1, -0.05) is 18.2 Å². The van der Waals surface area contributed by atoms with Crippen molar-refractivity contribution in [3.05, 3.63) is 53.5 Å². The summed E-state index contributed by atoms with van der Waals surface area (Å²) in [6.07, 6.45) is 1.66. The summed E-state index contributed by atoms with van der Waals surface area (Å²) in [5.41, 5.74) is 4.80. The normalized spacial score (nSPS) is 12.4. The van der Waals surface area contributed by atoms with E-state index in [4.69, 9.17) is 15.0 Å². The molecule has 90 valence electrons. The van der Waals surface area contributed by atoms with E-state index >= 15 is 0 Å². The molecule has 1 atom stereocenters. The van der Waals surface area contributed by atoms with E-state index in [0.717, 1.165) is 22.6 Å². The van der Waals surface area contributed by atoms with E-state index in [2.05, 4.69) is 5.43 Å². The lowest BCUT2D eigenvalue weighted by Crippen LogP contribution is -2.29. The van der Waals surface area contributed by atoms with Gasteiger partial charge in [-0.05, 0) is 19.1 Å². The van der Waals surface area contributed by atoms with E-state index in [1.54, 1.807) is 13.4 Å². The van der Waals surface area contributed by atoms with Crippen LogP contribution in [0, 0.1) is 6.92 Å². The second-order valence-corrected chi connectivity index (χ2v) is 3.77. The number of ether oxygens (including phenoxy) is 1. The molecule has 1 aromatic heterocycles. The van der Waals surface area contributed by atoms with Gasteiger partial charge in [0.15, 0.2) is 0 Å². The molecular formula is C13H16N2O2. The average molecular weight is 232 g/mol. The van der Waals surface area contributed by atoms with E-state index in [9.17, 15) is 0 Å². The van der Waals surface area contributed by atoms with E-state index < -0.39 is 0 Å². The summed E-state index contributed by atoms with van der Waals surface area (Å²) in [6.45, 7) is 1.91. The van der Waals surface area contributed by atoms with Crippen LogP contribution in [0.1, 0.15) is 22.9 Å². The molecule has 0 aliphatic rings. The monoisotopic (exact) mass is 232 g/mol. The number of methoxy groups -OCH3 is 1. The Bertz CT molecular complexity index is 494. The fourth-order valence-corrected chi connectivity index (χ4v) is 1.95. The van der Waals surface area contributed by atoms with Gasteiger partial charge in [-0.15, -0.1) is 0 Å². The predicted molar refractivity (Wildman–Crippen MR) is 65.6 cm³/mol. The van der Waals surface area contributed by atoms with E-state index in [-0.39, 0.29) is 6.04 Å². The highest BCUT2D eigenvalue weighted by Crippen LogP contribution is 2.31. The Balaban J connectivity index is 2.46. The molecule has 2 aromatic rings. The van der Waals surface area contributed by atoms with E-state index in [1.165, 1.54) is 0 Å². The maximum Gasteiger partial charge on any atom is 0.124 e. The molecule has 2 rings (SSSR count). The fraction of sp³-hybridized carbons (Fsp3) is 0.231. The van der Waals surface area contributed by atoms with Crippen LogP contribution >= 0.6 is 0 Å². The number of nitrogens with two attached hydrogens (primary N) is 1. The Morgan fingerprint density at radius 1 is 1.24 bits per heavy atom. The molecule has 0 bridgehead atoms. The molecule has 1 unspecified atom stereocenters. The molecule has 1 heterocycles. The van der Waals surface area contributed by atoms with Gasteiger partial charge in [0, 0.05) is 11.1 Å². The van der Waals surface area contributed by atoms with Gasteiger partial charge in [0.1, 0.15) is 11.5 Å². The molecule has 0 amide bonds. The minimum absolute atomic E-state index is 0.134. The van der Waals surface area contributed by atoms with Crippen LogP contribution in [0.3, 0.4) is 0 Å². The Morgan fingerprint density at radius 2 is 2.00 bits per heavy atom. The zero-order chi connectivity index (χ0) is 12.3. The van der Waals surface area contributed by atoms with Gasteiger partial charge >= 0.3 is 0 Å². The molecule has 0 saturated carbocycles. The van der Waals surface area contributed by atoms with E-state index in [1.807, 2.05) is 37.3 Å². The van der Waals surface area contributed by atoms with Crippen LogP contribution in [-0.4, -0.2) is 7.11 Å². The number of hydrazine groups is 1. The lowest BCUT2D eigenvalue weighted by Gasteiger charge is -2.18. The Kier molecular flexibility index (Phi) is 3.46. The van der Waals surface area contributed by atoms with Crippen molar-refractivity contribution >= 4 is 0 Å². The number of furan rings is 1. The van der Waals surface area contributed by atoms with Crippen molar-refractivity contribution in [3.63, 3.8) is 0 Å². The average Bonchev–Trinajstić information content (AvgIpc) is 2.78. The number of hydrogen-bond acceptors (Lipinski definition) is 4. The summed E-state index contributed by atoms with van der Waals surface area (Å²) in [5, 5.41) is 0.